The first-order chi connectivity index (χ1) is 11.7. The van der Waals surface area contributed by atoms with Crippen LogP contribution in [0.4, 0.5) is 5.69 Å². The van der Waals surface area contributed by atoms with Gasteiger partial charge in [0.1, 0.15) is 0 Å². The molecule has 130 valence electrons. The van der Waals surface area contributed by atoms with Crippen LogP contribution in [-0.2, 0) is 9.53 Å². The van der Waals surface area contributed by atoms with Crippen LogP contribution >= 0.6 is 0 Å². The minimum absolute atomic E-state index is 0.294. The van der Waals surface area contributed by atoms with Gasteiger partial charge < -0.3 is 24.2 Å². The number of aliphatic carboxylic acids is 1. The molecule has 3 aliphatic rings. The summed E-state index contributed by atoms with van der Waals surface area (Å²) in [6.45, 7) is 4.02. The molecule has 0 unspecified atom stereocenters. The number of anilines is 1. The summed E-state index contributed by atoms with van der Waals surface area (Å²) in [5, 5.41) is 9.14. The Bertz CT molecular complexity index is 615. The van der Waals surface area contributed by atoms with E-state index in [1.807, 2.05) is 12.1 Å². The third-order valence-corrected chi connectivity index (χ3v) is 5.08. The van der Waals surface area contributed by atoms with Gasteiger partial charge in [0.15, 0.2) is 17.6 Å². The first-order valence-corrected chi connectivity index (χ1v) is 8.44. The van der Waals surface area contributed by atoms with Gasteiger partial charge in [-0.1, -0.05) is 0 Å². The fraction of sp³-hybridized carbons (Fsp3) is 0.588. The summed E-state index contributed by atoms with van der Waals surface area (Å²) in [5.74, 6) is 0.756. The van der Waals surface area contributed by atoms with Crippen molar-refractivity contribution in [1.29, 1.82) is 0 Å². The third-order valence-electron chi connectivity index (χ3n) is 5.08. The Morgan fingerprint density at radius 3 is 2.71 bits per heavy atom. The predicted octanol–water partition coefficient (Wildman–Crippen LogP) is 1.17. The van der Waals surface area contributed by atoms with Crippen LogP contribution in [0, 0.1) is 0 Å². The maximum Gasteiger partial charge on any atom is 0.334 e. The van der Waals surface area contributed by atoms with E-state index in [0.717, 1.165) is 49.7 Å². The van der Waals surface area contributed by atoms with Crippen molar-refractivity contribution in [3.8, 4) is 11.5 Å². The number of fused-ring (bicyclic) bond motifs is 1. The smallest absolute Gasteiger partial charge is 0.334 e. The van der Waals surface area contributed by atoms with Crippen LogP contribution in [0.1, 0.15) is 12.8 Å². The lowest BCUT2D eigenvalue weighted by molar-refractivity contribution is -0.157. The van der Waals surface area contributed by atoms with Crippen LogP contribution < -0.4 is 14.4 Å². The van der Waals surface area contributed by atoms with Gasteiger partial charge >= 0.3 is 5.97 Å². The van der Waals surface area contributed by atoms with E-state index < -0.39 is 12.1 Å². The summed E-state index contributed by atoms with van der Waals surface area (Å²) in [7, 11) is 0. The van der Waals surface area contributed by atoms with Crippen molar-refractivity contribution in [2.75, 3.05) is 44.5 Å². The summed E-state index contributed by atoms with van der Waals surface area (Å²) in [5.41, 5.74) is 1.16. The Kier molecular flexibility index (Phi) is 4.20. The summed E-state index contributed by atoms with van der Waals surface area (Å²) < 4.78 is 16.1. The largest absolute Gasteiger partial charge is 0.479 e. The number of morpholine rings is 1. The minimum atomic E-state index is -0.863. The number of carboxylic acids is 1. The molecule has 7 nitrogen and oxygen atoms in total. The van der Waals surface area contributed by atoms with E-state index in [1.54, 1.807) is 0 Å². The Hall–Kier alpha value is -1.99. The van der Waals surface area contributed by atoms with E-state index in [2.05, 4.69) is 15.9 Å². The van der Waals surface area contributed by atoms with Crippen molar-refractivity contribution in [2.45, 2.75) is 25.0 Å². The first-order valence-electron chi connectivity index (χ1n) is 8.44. The summed E-state index contributed by atoms with van der Waals surface area (Å²) in [6.07, 6.45) is 1.37. The molecule has 0 aliphatic carbocycles. The summed E-state index contributed by atoms with van der Waals surface area (Å²) in [4.78, 5) is 15.8. The number of benzene rings is 1. The quantitative estimate of drug-likeness (QED) is 0.889. The fourth-order valence-electron chi connectivity index (χ4n) is 3.72. The lowest BCUT2D eigenvalue weighted by Crippen LogP contribution is -2.53. The lowest BCUT2D eigenvalue weighted by atomic mass is 10.0. The Labute approximate surface area is 140 Å². The monoisotopic (exact) mass is 334 g/mol. The van der Waals surface area contributed by atoms with Crippen molar-refractivity contribution >= 4 is 11.7 Å². The number of hydrogen-bond donors (Lipinski definition) is 1. The molecule has 4 rings (SSSR count). The van der Waals surface area contributed by atoms with Gasteiger partial charge in [0.25, 0.3) is 0 Å². The van der Waals surface area contributed by atoms with Gasteiger partial charge in [-0.2, -0.15) is 0 Å². The van der Waals surface area contributed by atoms with Gasteiger partial charge in [-0.05, 0) is 25.0 Å². The van der Waals surface area contributed by atoms with E-state index in [-0.39, 0.29) is 0 Å². The number of piperidine rings is 1. The molecular formula is C17H22N2O5. The number of carboxylic acid groups (broad SMARTS) is 1. The van der Waals surface area contributed by atoms with E-state index in [4.69, 9.17) is 19.3 Å². The highest BCUT2D eigenvalue weighted by atomic mass is 16.7. The Morgan fingerprint density at radius 1 is 1.12 bits per heavy atom. The second-order valence-corrected chi connectivity index (χ2v) is 6.45. The van der Waals surface area contributed by atoms with Crippen molar-refractivity contribution in [3.05, 3.63) is 18.2 Å². The van der Waals surface area contributed by atoms with Crippen LogP contribution in [0.3, 0.4) is 0 Å². The van der Waals surface area contributed by atoms with Crippen LogP contribution in [-0.4, -0.2) is 67.7 Å². The average Bonchev–Trinajstić information content (AvgIpc) is 3.09. The molecule has 0 radical (unpaired) electrons. The lowest BCUT2D eigenvalue weighted by Gasteiger charge is -2.42. The van der Waals surface area contributed by atoms with Gasteiger partial charge in [0.2, 0.25) is 6.79 Å². The molecule has 3 aliphatic heterocycles. The average molecular weight is 334 g/mol. The van der Waals surface area contributed by atoms with Gasteiger partial charge in [-0.15, -0.1) is 0 Å². The molecular weight excluding hydrogens is 312 g/mol. The molecule has 2 fully saturated rings. The fourth-order valence-corrected chi connectivity index (χ4v) is 3.72. The van der Waals surface area contributed by atoms with Crippen molar-refractivity contribution < 1.29 is 24.1 Å². The minimum Gasteiger partial charge on any atom is -0.479 e. The molecule has 0 bridgehead atoms. The maximum absolute atomic E-state index is 11.1. The van der Waals surface area contributed by atoms with E-state index in [0.29, 0.717) is 26.0 Å². The molecule has 7 heteroatoms. The normalized spacial score (nSPS) is 25.0. The molecule has 2 saturated heterocycles. The summed E-state index contributed by atoms with van der Waals surface area (Å²) in [6, 6.07) is 6.50. The van der Waals surface area contributed by atoms with Crippen molar-refractivity contribution in [2.24, 2.45) is 0 Å². The molecule has 3 heterocycles. The van der Waals surface area contributed by atoms with Crippen LogP contribution in [0.25, 0.3) is 0 Å². The van der Waals surface area contributed by atoms with E-state index in [1.165, 1.54) is 0 Å². The maximum atomic E-state index is 11.1. The van der Waals surface area contributed by atoms with Crippen LogP contribution in [0.2, 0.25) is 0 Å². The van der Waals surface area contributed by atoms with Gasteiger partial charge in [0, 0.05) is 44.0 Å². The molecule has 0 amide bonds. The highest BCUT2D eigenvalue weighted by Gasteiger charge is 2.32. The van der Waals surface area contributed by atoms with Crippen molar-refractivity contribution in [3.63, 3.8) is 0 Å². The van der Waals surface area contributed by atoms with Crippen molar-refractivity contribution in [1.82, 2.24) is 4.90 Å². The highest BCUT2D eigenvalue weighted by molar-refractivity contribution is 5.72. The second kappa shape index (κ2) is 6.49. The van der Waals surface area contributed by atoms with Crippen LogP contribution in [0.5, 0.6) is 11.5 Å². The molecule has 0 aromatic heterocycles. The topological polar surface area (TPSA) is 71.5 Å². The molecule has 1 atom stereocenters. The van der Waals surface area contributed by atoms with Gasteiger partial charge in [-0.3, -0.25) is 4.90 Å². The SMILES string of the molecule is O=C(O)[C@@H]1CN(C2CCN(c3ccc4c(c3)OCO4)CC2)CCO1. The van der Waals surface area contributed by atoms with E-state index >= 15 is 0 Å². The van der Waals surface area contributed by atoms with E-state index in [9.17, 15) is 4.79 Å². The zero-order valence-corrected chi connectivity index (χ0v) is 13.5. The molecule has 0 spiro atoms. The standard InChI is InChI=1S/C17H22N2O5/c20-17(21)16-10-19(7-8-22-16)12-3-5-18(6-4-12)13-1-2-14-15(9-13)24-11-23-14/h1-2,9,12,16H,3-8,10-11H2,(H,20,21)/t16-/m0/s1. The number of ether oxygens (including phenoxy) is 3. The van der Waals surface area contributed by atoms with Gasteiger partial charge in [0.05, 0.1) is 6.61 Å². The number of carbonyl (C=O) groups is 1. The Morgan fingerprint density at radius 2 is 1.92 bits per heavy atom. The molecule has 0 saturated carbocycles. The predicted molar refractivity (Wildman–Crippen MR) is 86.7 cm³/mol. The summed E-state index contributed by atoms with van der Waals surface area (Å²) >= 11 is 0. The van der Waals surface area contributed by atoms with Gasteiger partial charge in [-0.25, -0.2) is 4.79 Å². The first kappa shape index (κ1) is 15.5. The molecule has 1 aromatic rings. The molecule has 24 heavy (non-hydrogen) atoms. The number of rotatable bonds is 3. The molecule has 1 aromatic carbocycles. The zero-order valence-electron chi connectivity index (χ0n) is 13.5. The Balaban J connectivity index is 1.36. The highest BCUT2D eigenvalue weighted by Crippen LogP contribution is 2.36. The third kappa shape index (κ3) is 3.01. The number of nitrogens with zero attached hydrogens (tertiary/aromatic N) is 2. The van der Waals surface area contributed by atoms with Crippen LogP contribution in [0.15, 0.2) is 18.2 Å². The number of hydrogen-bond acceptors (Lipinski definition) is 6. The zero-order chi connectivity index (χ0) is 16.5. The molecule has 1 N–H and O–H groups in total. The second-order valence-electron chi connectivity index (χ2n) is 6.45.